The lowest BCUT2D eigenvalue weighted by Gasteiger charge is -2.20. The second kappa shape index (κ2) is 8.61. The lowest BCUT2D eigenvalue weighted by molar-refractivity contribution is -0.115. The van der Waals surface area contributed by atoms with Gasteiger partial charge in [-0.15, -0.1) is 0 Å². The van der Waals surface area contributed by atoms with Gasteiger partial charge in [-0.3, -0.25) is 4.79 Å². The largest absolute Gasteiger partial charge is 0.354 e. The van der Waals surface area contributed by atoms with Crippen molar-refractivity contribution in [3.63, 3.8) is 0 Å². The van der Waals surface area contributed by atoms with Crippen LogP contribution >= 0.6 is 0 Å². The number of fused-ring (bicyclic) bond motifs is 1. The van der Waals surface area contributed by atoms with Gasteiger partial charge in [0.2, 0.25) is 5.91 Å². The van der Waals surface area contributed by atoms with Gasteiger partial charge in [-0.25, -0.2) is 19.0 Å². The number of rotatable bonds is 5. The Bertz CT molecular complexity index is 1320. The Labute approximate surface area is 191 Å². The minimum Gasteiger partial charge on any atom is -0.354 e. The first kappa shape index (κ1) is 21.1. The molecule has 4 aromatic rings. The van der Waals surface area contributed by atoms with Crippen LogP contribution in [0.3, 0.4) is 0 Å². The molecule has 8 heteroatoms. The number of carbonyl (C=O) groups is 1. The van der Waals surface area contributed by atoms with E-state index in [0.717, 1.165) is 65.4 Å². The van der Waals surface area contributed by atoms with Crippen molar-refractivity contribution in [2.24, 2.45) is 0 Å². The first-order chi connectivity index (χ1) is 16.0. The Morgan fingerprint density at radius 2 is 1.67 bits per heavy atom. The first-order valence-electron chi connectivity index (χ1n) is 11.1. The number of carbonyl (C=O) groups excluding carboxylic acids is 1. The zero-order valence-corrected chi connectivity index (χ0v) is 18.7. The van der Waals surface area contributed by atoms with Crippen LogP contribution in [0.1, 0.15) is 29.8 Å². The number of halogens is 1. The minimum atomic E-state index is -0.301. The van der Waals surface area contributed by atoms with Crippen LogP contribution in [0.25, 0.3) is 16.7 Å². The summed E-state index contributed by atoms with van der Waals surface area (Å²) in [4.78, 5) is 24.8. The summed E-state index contributed by atoms with van der Waals surface area (Å²) in [5.41, 5.74) is 4.75. The molecule has 5 rings (SSSR count). The number of aryl methyl sites for hydroxylation is 1. The molecule has 0 aliphatic carbocycles. The van der Waals surface area contributed by atoms with E-state index in [9.17, 15) is 9.18 Å². The summed E-state index contributed by atoms with van der Waals surface area (Å²) in [7, 11) is 0. The predicted molar refractivity (Wildman–Crippen MR) is 126 cm³/mol. The molecule has 2 aromatic heterocycles. The molecule has 3 heterocycles. The van der Waals surface area contributed by atoms with E-state index in [-0.39, 0.29) is 18.1 Å². The Kier molecular flexibility index (Phi) is 5.50. The highest BCUT2D eigenvalue weighted by atomic mass is 19.1. The van der Waals surface area contributed by atoms with Gasteiger partial charge in [0.1, 0.15) is 5.82 Å². The molecule has 1 amide bonds. The summed E-state index contributed by atoms with van der Waals surface area (Å²) in [5, 5.41) is 7.57. The fraction of sp³-hybridized carbons (Fsp3) is 0.280. The standard InChI is InChI=1S/C25H25FN6O/c1-16-20(17(2)32(30-16)19-11-9-18(26)10-12-19)15-23(33)29-24-25(31-13-5-6-14-31)28-22-8-4-3-7-21(22)27-24/h3-4,7-12H,5-6,13-15H2,1-2H3,(H,27,29,33). The molecule has 33 heavy (non-hydrogen) atoms. The predicted octanol–water partition coefficient (Wildman–Crippen LogP) is 4.35. The topological polar surface area (TPSA) is 75.9 Å². The van der Waals surface area contributed by atoms with Crippen molar-refractivity contribution in [1.29, 1.82) is 0 Å². The average molecular weight is 445 g/mol. The number of nitrogens with zero attached hydrogens (tertiary/aromatic N) is 5. The Morgan fingerprint density at radius 1 is 1.00 bits per heavy atom. The maximum Gasteiger partial charge on any atom is 0.230 e. The lowest BCUT2D eigenvalue weighted by Crippen LogP contribution is -2.24. The van der Waals surface area contributed by atoms with E-state index in [4.69, 9.17) is 9.97 Å². The van der Waals surface area contributed by atoms with Crippen molar-refractivity contribution in [1.82, 2.24) is 19.7 Å². The minimum absolute atomic E-state index is 0.160. The molecule has 1 aliphatic rings. The molecule has 1 fully saturated rings. The molecule has 0 unspecified atom stereocenters. The van der Waals surface area contributed by atoms with Crippen molar-refractivity contribution < 1.29 is 9.18 Å². The molecular weight excluding hydrogens is 419 g/mol. The van der Waals surface area contributed by atoms with Crippen LogP contribution in [0.4, 0.5) is 16.0 Å². The van der Waals surface area contributed by atoms with Crippen LogP contribution in [-0.2, 0) is 11.2 Å². The van der Waals surface area contributed by atoms with Crippen molar-refractivity contribution in [2.75, 3.05) is 23.3 Å². The van der Waals surface area contributed by atoms with E-state index >= 15 is 0 Å². The van der Waals surface area contributed by atoms with Crippen LogP contribution in [0, 0.1) is 19.7 Å². The molecular formula is C25H25FN6O. The molecule has 7 nitrogen and oxygen atoms in total. The number of para-hydroxylation sites is 2. The van der Waals surface area contributed by atoms with Gasteiger partial charge < -0.3 is 10.2 Å². The maximum absolute atomic E-state index is 13.3. The monoisotopic (exact) mass is 444 g/mol. The van der Waals surface area contributed by atoms with Crippen molar-refractivity contribution in [2.45, 2.75) is 33.1 Å². The van der Waals surface area contributed by atoms with E-state index in [2.05, 4.69) is 15.3 Å². The quantitative estimate of drug-likeness (QED) is 0.495. The van der Waals surface area contributed by atoms with Crippen molar-refractivity contribution >= 4 is 28.6 Å². The molecule has 0 atom stereocenters. The average Bonchev–Trinajstić information content (AvgIpc) is 3.44. The Morgan fingerprint density at radius 3 is 2.36 bits per heavy atom. The zero-order valence-electron chi connectivity index (χ0n) is 18.7. The molecule has 1 aliphatic heterocycles. The summed E-state index contributed by atoms with van der Waals surface area (Å²) in [6.07, 6.45) is 2.36. The molecule has 0 saturated carbocycles. The van der Waals surface area contributed by atoms with Crippen LogP contribution in [0.2, 0.25) is 0 Å². The number of anilines is 2. The molecule has 0 spiro atoms. The number of amides is 1. The number of benzene rings is 2. The van der Waals surface area contributed by atoms with Crippen LogP contribution in [0.5, 0.6) is 0 Å². The van der Waals surface area contributed by atoms with Gasteiger partial charge in [-0.05, 0) is 63.1 Å². The van der Waals surface area contributed by atoms with E-state index in [1.165, 1.54) is 12.1 Å². The highest BCUT2D eigenvalue weighted by Crippen LogP contribution is 2.28. The van der Waals surface area contributed by atoms with E-state index < -0.39 is 0 Å². The number of hydrogen-bond donors (Lipinski definition) is 1. The van der Waals surface area contributed by atoms with Crippen LogP contribution in [-0.4, -0.2) is 38.7 Å². The lowest BCUT2D eigenvalue weighted by atomic mass is 10.1. The Hall–Kier alpha value is -3.81. The molecule has 1 saturated heterocycles. The molecule has 0 radical (unpaired) electrons. The molecule has 168 valence electrons. The summed E-state index contributed by atoms with van der Waals surface area (Å²) in [5.74, 6) is 0.729. The third kappa shape index (κ3) is 4.16. The van der Waals surface area contributed by atoms with Gasteiger partial charge >= 0.3 is 0 Å². The van der Waals surface area contributed by atoms with Crippen LogP contribution in [0.15, 0.2) is 48.5 Å². The smallest absolute Gasteiger partial charge is 0.230 e. The van der Waals surface area contributed by atoms with E-state index in [1.807, 2.05) is 38.1 Å². The van der Waals surface area contributed by atoms with Gasteiger partial charge in [0.25, 0.3) is 0 Å². The van der Waals surface area contributed by atoms with Crippen molar-refractivity contribution in [3.8, 4) is 5.69 Å². The van der Waals surface area contributed by atoms with E-state index in [1.54, 1.807) is 16.8 Å². The van der Waals surface area contributed by atoms with Crippen molar-refractivity contribution in [3.05, 3.63) is 71.3 Å². The van der Waals surface area contributed by atoms with Gasteiger partial charge in [-0.2, -0.15) is 5.10 Å². The molecule has 2 aromatic carbocycles. The third-order valence-corrected chi connectivity index (χ3v) is 6.07. The second-order valence-corrected chi connectivity index (χ2v) is 8.34. The molecule has 1 N–H and O–H groups in total. The van der Waals surface area contributed by atoms with E-state index in [0.29, 0.717) is 5.82 Å². The molecule has 0 bridgehead atoms. The summed E-state index contributed by atoms with van der Waals surface area (Å²) in [6, 6.07) is 13.8. The third-order valence-electron chi connectivity index (χ3n) is 6.07. The maximum atomic E-state index is 13.3. The summed E-state index contributed by atoms with van der Waals surface area (Å²) >= 11 is 0. The van der Waals surface area contributed by atoms with Gasteiger partial charge in [-0.1, -0.05) is 12.1 Å². The SMILES string of the molecule is Cc1nn(-c2ccc(F)cc2)c(C)c1CC(=O)Nc1nc2ccccc2nc1N1CCCC1. The second-order valence-electron chi connectivity index (χ2n) is 8.34. The fourth-order valence-corrected chi connectivity index (χ4v) is 4.33. The van der Waals surface area contributed by atoms with Gasteiger partial charge in [0.05, 0.1) is 28.8 Å². The zero-order chi connectivity index (χ0) is 22.9. The number of nitrogens with one attached hydrogen (secondary N) is 1. The van der Waals surface area contributed by atoms with Crippen LogP contribution < -0.4 is 10.2 Å². The normalized spacial score (nSPS) is 13.6. The van der Waals surface area contributed by atoms with Gasteiger partial charge in [0.15, 0.2) is 11.6 Å². The summed E-state index contributed by atoms with van der Waals surface area (Å²) < 4.78 is 15.1. The Balaban J connectivity index is 1.43. The highest BCUT2D eigenvalue weighted by molar-refractivity contribution is 5.95. The number of hydrogen-bond acceptors (Lipinski definition) is 5. The first-order valence-corrected chi connectivity index (χ1v) is 11.1. The number of aromatic nitrogens is 4. The summed E-state index contributed by atoms with van der Waals surface area (Å²) in [6.45, 7) is 5.59. The van der Waals surface area contributed by atoms with Gasteiger partial charge in [0, 0.05) is 24.3 Å². The fourth-order valence-electron chi connectivity index (χ4n) is 4.33. The highest BCUT2D eigenvalue weighted by Gasteiger charge is 2.22.